The number of methoxy groups -OCH3 is 1. The zero-order chi connectivity index (χ0) is 16.2. The van der Waals surface area contributed by atoms with Gasteiger partial charge in [-0.2, -0.15) is 5.26 Å². The molecule has 7 nitrogen and oxygen atoms in total. The maximum absolute atomic E-state index is 13.5. The molecule has 0 radical (unpaired) electrons. The van der Waals surface area contributed by atoms with Gasteiger partial charge in [-0.3, -0.25) is 15.0 Å². The van der Waals surface area contributed by atoms with Crippen molar-refractivity contribution in [3.05, 3.63) is 39.2 Å². The summed E-state index contributed by atoms with van der Waals surface area (Å²) in [6.07, 6.45) is -0.0927. The van der Waals surface area contributed by atoms with Crippen LogP contribution in [-0.2, 0) is 11.2 Å². The van der Waals surface area contributed by atoms with Gasteiger partial charge < -0.3 is 4.74 Å². The standard InChI is InChI=1S/C13H14FN3O4/c1-16(2)9(7-15)6-10-11(13(18)21-3)4-8(14)5-12(10)17(19)20/h4-5,9H,6H2,1-3H3. The van der Waals surface area contributed by atoms with Gasteiger partial charge in [0.1, 0.15) is 11.9 Å². The van der Waals surface area contributed by atoms with Gasteiger partial charge in [-0.15, -0.1) is 0 Å². The number of nitriles is 1. The Morgan fingerprint density at radius 2 is 2.19 bits per heavy atom. The largest absolute Gasteiger partial charge is 0.465 e. The van der Waals surface area contributed by atoms with Gasteiger partial charge in [-0.1, -0.05) is 0 Å². The quantitative estimate of drug-likeness (QED) is 0.464. The van der Waals surface area contributed by atoms with Crippen LogP contribution >= 0.6 is 0 Å². The average molecular weight is 295 g/mol. The highest BCUT2D eigenvalue weighted by atomic mass is 19.1. The Labute approximate surface area is 120 Å². The number of esters is 1. The van der Waals surface area contributed by atoms with E-state index in [9.17, 15) is 19.3 Å². The van der Waals surface area contributed by atoms with E-state index >= 15 is 0 Å². The Morgan fingerprint density at radius 1 is 1.57 bits per heavy atom. The molecule has 21 heavy (non-hydrogen) atoms. The van der Waals surface area contributed by atoms with Crippen molar-refractivity contribution in [3.8, 4) is 6.07 Å². The summed E-state index contributed by atoms with van der Waals surface area (Å²) in [4.78, 5) is 23.5. The summed E-state index contributed by atoms with van der Waals surface area (Å²) >= 11 is 0. The van der Waals surface area contributed by atoms with Gasteiger partial charge in [0.25, 0.3) is 5.69 Å². The van der Waals surface area contributed by atoms with Gasteiger partial charge in [-0.25, -0.2) is 9.18 Å². The highest BCUT2D eigenvalue weighted by Gasteiger charge is 2.27. The smallest absolute Gasteiger partial charge is 0.338 e. The molecule has 0 N–H and O–H groups in total. The van der Waals surface area contributed by atoms with Crippen molar-refractivity contribution >= 4 is 11.7 Å². The van der Waals surface area contributed by atoms with E-state index in [1.807, 2.05) is 6.07 Å². The molecule has 0 amide bonds. The minimum atomic E-state index is -0.913. The number of rotatable bonds is 5. The van der Waals surface area contributed by atoms with E-state index in [0.29, 0.717) is 0 Å². The van der Waals surface area contributed by atoms with Crippen molar-refractivity contribution in [1.82, 2.24) is 4.90 Å². The van der Waals surface area contributed by atoms with Crippen molar-refractivity contribution in [2.75, 3.05) is 21.2 Å². The number of carbonyl (C=O) groups excluding carboxylic acids is 1. The summed E-state index contributed by atoms with van der Waals surface area (Å²) in [5.74, 6) is -1.80. The Hall–Kier alpha value is -2.53. The van der Waals surface area contributed by atoms with Gasteiger partial charge in [0.15, 0.2) is 0 Å². The predicted octanol–water partition coefficient (Wildman–Crippen LogP) is 1.52. The number of carbonyl (C=O) groups is 1. The number of halogens is 1. The molecule has 112 valence electrons. The fraction of sp³-hybridized carbons (Fsp3) is 0.385. The number of nitro benzene ring substituents is 1. The summed E-state index contributed by atoms with van der Waals surface area (Å²) in [6.45, 7) is 0. The van der Waals surface area contributed by atoms with Crippen molar-refractivity contribution in [1.29, 1.82) is 5.26 Å². The lowest BCUT2D eigenvalue weighted by atomic mass is 9.98. The third-order valence-electron chi connectivity index (χ3n) is 2.96. The van der Waals surface area contributed by atoms with E-state index < -0.39 is 28.4 Å². The molecule has 0 aromatic heterocycles. The van der Waals surface area contributed by atoms with Crippen molar-refractivity contribution in [2.24, 2.45) is 0 Å². The summed E-state index contributed by atoms with van der Waals surface area (Å²) < 4.78 is 18.0. The van der Waals surface area contributed by atoms with E-state index in [1.165, 1.54) is 0 Å². The van der Waals surface area contributed by atoms with Crippen molar-refractivity contribution < 1.29 is 18.8 Å². The number of likely N-dealkylation sites (N-methyl/N-ethyl adjacent to an activating group) is 1. The number of hydrogen-bond donors (Lipinski definition) is 0. The van der Waals surface area contributed by atoms with Gasteiger partial charge in [0.05, 0.1) is 29.7 Å². The molecule has 0 fully saturated rings. The van der Waals surface area contributed by atoms with Crippen LogP contribution < -0.4 is 0 Å². The average Bonchev–Trinajstić information content (AvgIpc) is 2.43. The highest BCUT2D eigenvalue weighted by Crippen LogP contribution is 2.27. The van der Waals surface area contributed by atoms with Crippen LogP contribution in [-0.4, -0.2) is 43.0 Å². The van der Waals surface area contributed by atoms with Gasteiger partial charge in [0, 0.05) is 12.0 Å². The molecule has 8 heteroatoms. The third-order valence-corrected chi connectivity index (χ3v) is 2.96. The first-order valence-electron chi connectivity index (χ1n) is 5.93. The van der Waals surface area contributed by atoms with Crippen LogP contribution in [0.4, 0.5) is 10.1 Å². The number of benzene rings is 1. The maximum Gasteiger partial charge on any atom is 0.338 e. The SMILES string of the molecule is COC(=O)c1cc(F)cc([N+](=O)[O-])c1CC(C#N)N(C)C. The van der Waals surface area contributed by atoms with Crippen LogP contribution in [0.2, 0.25) is 0 Å². The van der Waals surface area contributed by atoms with E-state index in [1.54, 1.807) is 19.0 Å². The van der Waals surface area contributed by atoms with Crippen LogP contribution in [0.5, 0.6) is 0 Å². The Bertz CT molecular complexity index is 610. The molecule has 1 unspecified atom stereocenters. The van der Waals surface area contributed by atoms with E-state index in [2.05, 4.69) is 4.74 Å². The molecule has 0 heterocycles. The van der Waals surface area contributed by atoms with Crippen LogP contribution in [0, 0.1) is 27.3 Å². The molecule has 1 aromatic carbocycles. The molecule has 1 atom stereocenters. The molecule has 0 aliphatic carbocycles. The first-order valence-corrected chi connectivity index (χ1v) is 5.93. The summed E-state index contributed by atoms with van der Waals surface area (Å²) in [5.41, 5.74) is -0.808. The lowest BCUT2D eigenvalue weighted by Crippen LogP contribution is -2.29. The number of nitro groups is 1. The van der Waals surface area contributed by atoms with E-state index in [-0.39, 0.29) is 17.5 Å². The molecule has 1 aromatic rings. The highest BCUT2D eigenvalue weighted by molar-refractivity contribution is 5.92. The molecule has 0 saturated carbocycles. The molecule has 0 bridgehead atoms. The second-order valence-corrected chi connectivity index (χ2v) is 4.51. The molecule has 0 aliphatic heterocycles. The van der Waals surface area contributed by atoms with Gasteiger partial charge >= 0.3 is 5.97 Å². The fourth-order valence-corrected chi connectivity index (χ4v) is 1.83. The second-order valence-electron chi connectivity index (χ2n) is 4.51. The second kappa shape index (κ2) is 6.76. The number of ether oxygens (including phenoxy) is 1. The van der Waals surface area contributed by atoms with Gasteiger partial charge in [0.2, 0.25) is 0 Å². The molecular weight excluding hydrogens is 281 g/mol. The van der Waals surface area contributed by atoms with Crippen LogP contribution in [0.25, 0.3) is 0 Å². The van der Waals surface area contributed by atoms with Crippen LogP contribution in [0.1, 0.15) is 15.9 Å². The Morgan fingerprint density at radius 3 is 2.62 bits per heavy atom. The first-order chi connectivity index (χ1) is 9.81. The normalized spacial score (nSPS) is 11.8. The summed E-state index contributed by atoms with van der Waals surface area (Å²) in [5, 5.41) is 20.1. The summed E-state index contributed by atoms with van der Waals surface area (Å²) in [6, 6.07) is 2.88. The zero-order valence-corrected chi connectivity index (χ0v) is 11.8. The fourth-order valence-electron chi connectivity index (χ4n) is 1.83. The predicted molar refractivity (Wildman–Crippen MR) is 71.2 cm³/mol. The number of hydrogen-bond acceptors (Lipinski definition) is 6. The number of nitrogens with zero attached hydrogens (tertiary/aromatic N) is 3. The Balaban J connectivity index is 3.48. The molecule has 0 saturated heterocycles. The third kappa shape index (κ3) is 3.73. The molecule has 1 rings (SSSR count). The molecular formula is C13H14FN3O4. The monoisotopic (exact) mass is 295 g/mol. The lowest BCUT2D eigenvalue weighted by molar-refractivity contribution is -0.385. The zero-order valence-electron chi connectivity index (χ0n) is 11.8. The Kier molecular flexibility index (Phi) is 5.32. The molecule has 0 aliphatic rings. The van der Waals surface area contributed by atoms with Crippen molar-refractivity contribution in [2.45, 2.75) is 12.5 Å². The maximum atomic E-state index is 13.5. The first kappa shape index (κ1) is 16.5. The van der Waals surface area contributed by atoms with E-state index in [4.69, 9.17) is 5.26 Å². The minimum absolute atomic E-state index is 0.0199. The summed E-state index contributed by atoms with van der Waals surface area (Å²) in [7, 11) is 4.35. The van der Waals surface area contributed by atoms with Crippen LogP contribution in [0.3, 0.4) is 0 Å². The lowest BCUT2D eigenvalue weighted by Gasteiger charge is -2.18. The molecule has 0 spiro atoms. The van der Waals surface area contributed by atoms with Gasteiger partial charge in [-0.05, 0) is 20.2 Å². The van der Waals surface area contributed by atoms with E-state index in [0.717, 1.165) is 19.2 Å². The minimum Gasteiger partial charge on any atom is -0.465 e. The topological polar surface area (TPSA) is 96.5 Å². The van der Waals surface area contributed by atoms with Crippen molar-refractivity contribution in [3.63, 3.8) is 0 Å². The van der Waals surface area contributed by atoms with Crippen LogP contribution in [0.15, 0.2) is 12.1 Å².